The summed E-state index contributed by atoms with van der Waals surface area (Å²) in [7, 11) is 0. The Morgan fingerprint density at radius 3 is 1.79 bits per heavy atom. The van der Waals surface area contributed by atoms with E-state index in [1.807, 2.05) is 36.5 Å². The second kappa shape index (κ2) is 7.16. The van der Waals surface area contributed by atoms with Gasteiger partial charge in [-0.2, -0.15) is 5.10 Å². The molecule has 0 unspecified atom stereocenters. The fraction of sp³-hybridized carbons (Fsp3) is 0.0385. The fourth-order valence-corrected chi connectivity index (χ4v) is 4.07. The lowest BCUT2D eigenvalue weighted by Gasteiger charge is -2.17. The molecule has 0 saturated carbocycles. The van der Waals surface area contributed by atoms with E-state index in [0.29, 0.717) is 0 Å². The molecule has 0 spiro atoms. The predicted octanol–water partition coefficient (Wildman–Crippen LogP) is 6.29. The SMILES string of the molecule is C(=N\Nc1ccccc1)/c1ccccc1C1c2ccccc2-c2ccccc21. The Bertz CT molecular complexity index is 1100. The maximum absolute atomic E-state index is 4.48. The van der Waals surface area contributed by atoms with E-state index in [2.05, 4.69) is 83.3 Å². The van der Waals surface area contributed by atoms with Gasteiger partial charge in [-0.25, -0.2) is 0 Å². The Hall–Kier alpha value is -3.65. The Morgan fingerprint density at radius 2 is 1.11 bits per heavy atom. The lowest BCUT2D eigenvalue weighted by atomic mass is 9.87. The summed E-state index contributed by atoms with van der Waals surface area (Å²) in [6.45, 7) is 0. The Morgan fingerprint density at radius 1 is 0.571 bits per heavy atom. The first kappa shape index (κ1) is 16.5. The second-order valence-corrected chi connectivity index (χ2v) is 6.97. The maximum atomic E-state index is 4.48. The van der Waals surface area contributed by atoms with E-state index in [9.17, 15) is 0 Å². The topological polar surface area (TPSA) is 24.4 Å². The van der Waals surface area contributed by atoms with Crippen LogP contribution >= 0.6 is 0 Å². The van der Waals surface area contributed by atoms with Crippen molar-refractivity contribution in [2.24, 2.45) is 5.10 Å². The van der Waals surface area contributed by atoms with E-state index >= 15 is 0 Å². The van der Waals surface area contributed by atoms with Crippen LogP contribution in [0.25, 0.3) is 11.1 Å². The maximum Gasteiger partial charge on any atom is 0.0561 e. The van der Waals surface area contributed by atoms with Gasteiger partial charge < -0.3 is 0 Å². The van der Waals surface area contributed by atoms with Crippen molar-refractivity contribution in [1.82, 2.24) is 0 Å². The van der Waals surface area contributed by atoms with E-state index in [1.165, 1.54) is 27.8 Å². The van der Waals surface area contributed by atoms with Crippen LogP contribution in [0.1, 0.15) is 28.2 Å². The molecule has 0 fully saturated rings. The highest BCUT2D eigenvalue weighted by Crippen LogP contribution is 2.48. The van der Waals surface area contributed by atoms with Crippen LogP contribution in [0.5, 0.6) is 0 Å². The molecular formula is C26H20N2. The van der Waals surface area contributed by atoms with E-state index in [1.54, 1.807) is 0 Å². The van der Waals surface area contributed by atoms with Gasteiger partial charge in [0.05, 0.1) is 11.9 Å². The highest BCUT2D eigenvalue weighted by Gasteiger charge is 2.30. The molecule has 1 N–H and O–H groups in total. The Balaban J connectivity index is 1.56. The molecular weight excluding hydrogens is 340 g/mol. The molecule has 1 aliphatic carbocycles. The zero-order valence-electron chi connectivity index (χ0n) is 15.4. The average molecular weight is 360 g/mol. The molecule has 0 saturated heterocycles. The highest BCUT2D eigenvalue weighted by molar-refractivity contribution is 5.87. The van der Waals surface area contributed by atoms with Crippen molar-refractivity contribution in [3.8, 4) is 11.1 Å². The molecule has 4 aromatic rings. The molecule has 5 rings (SSSR count). The molecule has 0 aromatic heterocycles. The van der Waals surface area contributed by atoms with Crippen LogP contribution < -0.4 is 5.43 Å². The van der Waals surface area contributed by atoms with Crippen LogP contribution in [0, 0.1) is 0 Å². The van der Waals surface area contributed by atoms with Crippen molar-refractivity contribution >= 4 is 11.9 Å². The van der Waals surface area contributed by atoms with Gasteiger partial charge in [-0.1, -0.05) is 91.0 Å². The number of nitrogens with one attached hydrogen (secondary N) is 1. The highest BCUT2D eigenvalue weighted by atomic mass is 15.3. The number of nitrogens with zero attached hydrogens (tertiary/aromatic N) is 1. The monoisotopic (exact) mass is 360 g/mol. The first-order valence-electron chi connectivity index (χ1n) is 9.53. The van der Waals surface area contributed by atoms with Crippen molar-refractivity contribution in [3.63, 3.8) is 0 Å². The fourth-order valence-electron chi connectivity index (χ4n) is 4.07. The smallest absolute Gasteiger partial charge is 0.0561 e. The minimum absolute atomic E-state index is 0.228. The van der Waals surface area contributed by atoms with Gasteiger partial charge in [0.25, 0.3) is 0 Å². The molecule has 2 nitrogen and oxygen atoms in total. The van der Waals surface area contributed by atoms with Gasteiger partial charge in [0.15, 0.2) is 0 Å². The number of para-hydroxylation sites is 1. The number of hydrogen-bond acceptors (Lipinski definition) is 2. The van der Waals surface area contributed by atoms with Crippen LogP contribution in [0.3, 0.4) is 0 Å². The van der Waals surface area contributed by atoms with Crippen LogP contribution in [0.4, 0.5) is 5.69 Å². The third kappa shape index (κ3) is 2.89. The predicted molar refractivity (Wildman–Crippen MR) is 117 cm³/mol. The summed E-state index contributed by atoms with van der Waals surface area (Å²) in [5, 5.41) is 4.48. The first-order chi connectivity index (χ1) is 13.9. The van der Waals surface area contributed by atoms with Crippen molar-refractivity contribution in [2.75, 3.05) is 5.43 Å². The molecule has 1 aliphatic rings. The quantitative estimate of drug-likeness (QED) is 0.295. The van der Waals surface area contributed by atoms with Gasteiger partial charge in [0.1, 0.15) is 0 Å². The minimum atomic E-state index is 0.228. The van der Waals surface area contributed by atoms with E-state index in [4.69, 9.17) is 0 Å². The van der Waals surface area contributed by atoms with E-state index < -0.39 is 0 Å². The lowest BCUT2D eigenvalue weighted by Crippen LogP contribution is -2.04. The van der Waals surface area contributed by atoms with Crippen LogP contribution in [-0.2, 0) is 0 Å². The second-order valence-electron chi connectivity index (χ2n) is 6.97. The molecule has 4 aromatic carbocycles. The Labute approximate surface area is 165 Å². The van der Waals surface area contributed by atoms with E-state index in [-0.39, 0.29) is 5.92 Å². The van der Waals surface area contributed by atoms with Crippen molar-refractivity contribution < 1.29 is 0 Å². The van der Waals surface area contributed by atoms with Gasteiger partial charge >= 0.3 is 0 Å². The summed E-state index contributed by atoms with van der Waals surface area (Å²) in [4.78, 5) is 0. The van der Waals surface area contributed by atoms with Crippen molar-refractivity contribution in [3.05, 3.63) is 125 Å². The molecule has 134 valence electrons. The van der Waals surface area contributed by atoms with Gasteiger partial charge in [0.2, 0.25) is 0 Å². The summed E-state index contributed by atoms with van der Waals surface area (Å²) in [5.74, 6) is 0.228. The minimum Gasteiger partial charge on any atom is -0.279 e. The average Bonchev–Trinajstić information content (AvgIpc) is 3.09. The van der Waals surface area contributed by atoms with Gasteiger partial charge in [-0.15, -0.1) is 0 Å². The molecule has 0 radical (unpaired) electrons. The zero-order chi connectivity index (χ0) is 18.8. The largest absolute Gasteiger partial charge is 0.279 e. The third-order valence-corrected chi connectivity index (χ3v) is 5.31. The van der Waals surface area contributed by atoms with Crippen molar-refractivity contribution in [2.45, 2.75) is 5.92 Å². The molecule has 0 aliphatic heterocycles. The number of hydrogen-bond donors (Lipinski definition) is 1. The van der Waals surface area contributed by atoms with Crippen LogP contribution in [-0.4, -0.2) is 6.21 Å². The zero-order valence-corrected chi connectivity index (χ0v) is 15.4. The molecule has 0 heterocycles. The third-order valence-electron chi connectivity index (χ3n) is 5.31. The number of rotatable bonds is 4. The number of anilines is 1. The lowest BCUT2D eigenvalue weighted by molar-refractivity contribution is 1.01. The van der Waals surface area contributed by atoms with E-state index in [0.717, 1.165) is 11.3 Å². The summed E-state index contributed by atoms with van der Waals surface area (Å²) in [6, 6.07) is 36.0. The molecule has 28 heavy (non-hydrogen) atoms. The number of hydrazone groups is 1. The van der Waals surface area contributed by atoms with Gasteiger partial charge in [-0.05, 0) is 45.5 Å². The molecule has 0 atom stereocenters. The van der Waals surface area contributed by atoms with Crippen molar-refractivity contribution in [1.29, 1.82) is 0 Å². The summed E-state index contributed by atoms with van der Waals surface area (Å²) in [6.07, 6.45) is 1.92. The number of benzene rings is 4. The molecule has 0 bridgehead atoms. The standard InChI is InChI=1S/C26H20N2/c1-2-11-20(12-3-1)28-27-18-19-10-4-5-13-21(19)26-24-16-8-6-14-22(24)23-15-7-9-17-25(23)26/h1-18,26,28H/b27-18+. The Kier molecular flexibility index (Phi) is 4.23. The molecule has 0 amide bonds. The summed E-state index contributed by atoms with van der Waals surface area (Å²) >= 11 is 0. The van der Waals surface area contributed by atoms with Gasteiger partial charge in [0, 0.05) is 5.92 Å². The first-order valence-corrected chi connectivity index (χ1v) is 9.53. The van der Waals surface area contributed by atoms with Gasteiger partial charge in [-0.3, -0.25) is 5.43 Å². The summed E-state index contributed by atoms with van der Waals surface area (Å²) in [5.41, 5.74) is 11.9. The number of fused-ring (bicyclic) bond motifs is 3. The molecule has 2 heteroatoms. The van der Waals surface area contributed by atoms with Crippen LogP contribution in [0.2, 0.25) is 0 Å². The summed E-state index contributed by atoms with van der Waals surface area (Å²) < 4.78 is 0. The van der Waals surface area contributed by atoms with Crippen LogP contribution in [0.15, 0.2) is 108 Å². The normalized spacial score (nSPS) is 12.7.